The number of para-hydroxylation sites is 2. The first kappa shape index (κ1) is 18.1. The molecule has 2 heterocycles. The van der Waals surface area contributed by atoms with E-state index in [1.165, 1.54) is 0 Å². The highest BCUT2D eigenvalue weighted by Crippen LogP contribution is 2.31. The Morgan fingerprint density at radius 1 is 1.07 bits per heavy atom. The van der Waals surface area contributed by atoms with Gasteiger partial charge in [-0.15, -0.1) is 0 Å². The average Bonchev–Trinajstić information content (AvgIpc) is 2.69. The van der Waals surface area contributed by atoms with Crippen molar-refractivity contribution in [3.8, 4) is 5.75 Å². The molecule has 2 aromatic rings. The van der Waals surface area contributed by atoms with Crippen LogP contribution >= 0.6 is 11.6 Å². The van der Waals surface area contributed by atoms with E-state index in [0.717, 1.165) is 54.6 Å². The van der Waals surface area contributed by atoms with Gasteiger partial charge in [-0.2, -0.15) is 0 Å². The fourth-order valence-electron chi connectivity index (χ4n) is 3.79. The molecule has 1 atom stereocenters. The van der Waals surface area contributed by atoms with Gasteiger partial charge in [0.2, 0.25) is 5.91 Å². The number of amides is 1. The maximum Gasteiger partial charge on any atom is 0.234 e. The molecule has 142 valence electrons. The van der Waals surface area contributed by atoms with Gasteiger partial charge in [0.1, 0.15) is 5.75 Å². The molecular weight excluding hydrogens is 362 g/mol. The van der Waals surface area contributed by atoms with Crippen molar-refractivity contribution in [3.05, 3.63) is 59.1 Å². The van der Waals surface area contributed by atoms with Crippen molar-refractivity contribution >= 4 is 23.2 Å². The van der Waals surface area contributed by atoms with Gasteiger partial charge < -0.3 is 15.0 Å². The average molecular weight is 386 g/mol. The van der Waals surface area contributed by atoms with Gasteiger partial charge in [-0.3, -0.25) is 9.69 Å². The van der Waals surface area contributed by atoms with E-state index in [0.29, 0.717) is 13.2 Å². The third-order valence-corrected chi connectivity index (χ3v) is 5.55. The summed E-state index contributed by atoms with van der Waals surface area (Å²) in [5.41, 5.74) is 2.14. The van der Waals surface area contributed by atoms with Crippen LogP contribution in [-0.2, 0) is 4.79 Å². The zero-order valence-electron chi connectivity index (χ0n) is 15.2. The largest absolute Gasteiger partial charge is 0.493 e. The minimum absolute atomic E-state index is 0.0341. The molecule has 27 heavy (non-hydrogen) atoms. The van der Waals surface area contributed by atoms with Gasteiger partial charge >= 0.3 is 0 Å². The van der Waals surface area contributed by atoms with Crippen LogP contribution in [0.4, 0.5) is 5.69 Å². The van der Waals surface area contributed by atoms with Gasteiger partial charge in [-0.05, 0) is 18.2 Å². The lowest BCUT2D eigenvalue weighted by Gasteiger charge is -2.36. The Kier molecular flexibility index (Phi) is 5.50. The highest BCUT2D eigenvalue weighted by Gasteiger charge is 2.25. The Balaban J connectivity index is 1.30. The Labute approximate surface area is 164 Å². The van der Waals surface area contributed by atoms with E-state index in [9.17, 15) is 4.79 Å². The van der Waals surface area contributed by atoms with E-state index in [1.54, 1.807) is 0 Å². The fourth-order valence-corrected chi connectivity index (χ4v) is 4.05. The van der Waals surface area contributed by atoms with Crippen LogP contribution in [0, 0.1) is 0 Å². The Bertz CT molecular complexity index is 806. The van der Waals surface area contributed by atoms with Crippen LogP contribution in [0.2, 0.25) is 5.02 Å². The van der Waals surface area contributed by atoms with Crippen LogP contribution in [0.1, 0.15) is 18.0 Å². The number of piperazine rings is 1. The third-order valence-electron chi connectivity index (χ3n) is 5.23. The number of carbonyl (C=O) groups is 1. The van der Waals surface area contributed by atoms with Gasteiger partial charge in [0, 0.05) is 38.2 Å². The van der Waals surface area contributed by atoms with Crippen molar-refractivity contribution < 1.29 is 9.53 Å². The van der Waals surface area contributed by atoms with Crippen LogP contribution in [0.25, 0.3) is 0 Å². The summed E-state index contributed by atoms with van der Waals surface area (Å²) in [5.74, 6) is 0.949. The number of fused-ring (bicyclic) bond motifs is 1. The normalized spacial score (nSPS) is 19.9. The number of halogens is 1. The highest BCUT2D eigenvalue weighted by molar-refractivity contribution is 6.33. The second kappa shape index (κ2) is 8.19. The van der Waals surface area contributed by atoms with Crippen molar-refractivity contribution in [1.82, 2.24) is 10.2 Å². The lowest BCUT2D eigenvalue weighted by Crippen LogP contribution is -2.50. The molecule has 0 aliphatic carbocycles. The summed E-state index contributed by atoms with van der Waals surface area (Å²) in [6.45, 7) is 4.51. The second-order valence-corrected chi connectivity index (χ2v) is 7.42. The number of nitrogens with zero attached hydrogens (tertiary/aromatic N) is 2. The SMILES string of the molecule is O=C(CN1CCN(c2ccccc2Cl)CC1)N[C@@H]1CCOc2ccccc21. The van der Waals surface area contributed by atoms with Gasteiger partial charge in [0.25, 0.3) is 0 Å². The number of rotatable bonds is 4. The van der Waals surface area contributed by atoms with Crippen molar-refractivity contribution in [3.63, 3.8) is 0 Å². The van der Waals surface area contributed by atoms with E-state index in [-0.39, 0.29) is 11.9 Å². The van der Waals surface area contributed by atoms with Crippen LogP contribution in [0.5, 0.6) is 5.75 Å². The van der Waals surface area contributed by atoms with Crippen molar-refractivity contribution in [2.75, 3.05) is 44.2 Å². The Morgan fingerprint density at radius 3 is 2.63 bits per heavy atom. The van der Waals surface area contributed by atoms with E-state index < -0.39 is 0 Å². The molecule has 0 radical (unpaired) electrons. The molecule has 0 aromatic heterocycles. The number of benzene rings is 2. The van der Waals surface area contributed by atoms with E-state index in [2.05, 4.69) is 15.1 Å². The van der Waals surface area contributed by atoms with Gasteiger partial charge in [0.15, 0.2) is 0 Å². The third kappa shape index (κ3) is 4.20. The summed E-state index contributed by atoms with van der Waals surface area (Å²) in [6, 6.07) is 15.9. The standard InChI is InChI=1S/C21H24ClN3O2/c22-17-6-2-3-7-19(17)25-12-10-24(11-13-25)15-21(26)23-18-9-14-27-20-8-4-1-5-16(18)20/h1-8,18H,9-15H2,(H,23,26)/t18-/m1/s1. The van der Waals surface area contributed by atoms with Crippen molar-refractivity contribution in [2.24, 2.45) is 0 Å². The Hall–Kier alpha value is -2.24. The maximum absolute atomic E-state index is 12.6. The summed E-state index contributed by atoms with van der Waals surface area (Å²) in [7, 11) is 0. The molecule has 5 nitrogen and oxygen atoms in total. The molecule has 0 bridgehead atoms. The van der Waals surface area contributed by atoms with Crippen LogP contribution in [0.3, 0.4) is 0 Å². The van der Waals surface area contributed by atoms with Crippen molar-refractivity contribution in [2.45, 2.75) is 12.5 Å². The van der Waals surface area contributed by atoms with Gasteiger partial charge in [-0.25, -0.2) is 0 Å². The first-order valence-corrected chi connectivity index (χ1v) is 9.81. The summed E-state index contributed by atoms with van der Waals surface area (Å²) >= 11 is 6.30. The van der Waals surface area contributed by atoms with Gasteiger partial charge in [0.05, 0.1) is 29.9 Å². The zero-order valence-corrected chi connectivity index (χ0v) is 16.0. The lowest BCUT2D eigenvalue weighted by atomic mass is 10.0. The second-order valence-electron chi connectivity index (χ2n) is 7.01. The predicted molar refractivity (Wildman–Crippen MR) is 108 cm³/mol. The first-order chi connectivity index (χ1) is 13.2. The molecular formula is C21H24ClN3O2. The molecule has 4 rings (SSSR count). The molecule has 2 aromatic carbocycles. The molecule has 2 aliphatic rings. The molecule has 1 amide bonds. The van der Waals surface area contributed by atoms with Crippen LogP contribution < -0.4 is 15.0 Å². The van der Waals surface area contributed by atoms with E-state index in [4.69, 9.17) is 16.3 Å². The topological polar surface area (TPSA) is 44.8 Å². The lowest BCUT2D eigenvalue weighted by molar-refractivity contribution is -0.123. The predicted octanol–water partition coefficient (Wildman–Crippen LogP) is 3.10. The molecule has 0 spiro atoms. The Morgan fingerprint density at radius 2 is 1.81 bits per heavy atom. The minimum Gasteiger partial charge on any atom is -0.493 e. The van der Waals surface area contributed by atoms with E-state index in [1.807, 2.05) is 48.5 Å². The number of nitrogens with one attached hydrogen (secondary N) is 1. The number of hydrogen-bond acceptors (Lipinski definition) is 4. The summed E-state index contributed by atoms with van der Waals surface area (Å²) < 4.78 is 5.67. The first-order valence-electron chi connectivity index (χ1n) is 9.43. The molecule has 1 fully saturated rings. The number of anilines is 1. The summed E-state index contributed by atoms with van der Waals surface area (Å²) in [6.07, 6.45) is 0.809. The van der Waals surface area contributed by atoms with Crippen LogP contribution in [0.15, 0.2) is 48.5 Å². The summed E-state index contributed by atoms with van der Waals surface area (Å²) in [5, 5.41) is 3.96. The number of carbonyl (C=O) groups excluding carboxylic acids is 1. The fraction of sp³-hybridized carbons (Fsp3) is 0.381. The summed E-state index contributed by atoms with van der Waals surface area (Å²) in [4.78, 5) is 17.1. The molecule has 1 N–H and O–H groups in total. The van der Waals surface area contributed by atoms with Crippen molar-refractivity contribution in [1.29, 1.82) is 0 Å². The smallest absolute Gasteiger partial charge is 0.234 e. The number of hydrogen-bond donors (Lipinski definition) is 1. The monoisotopic (exact) mass is 385 g/mol. The maximum atomic E-state index is 12.6. The highest BCUT2D eigenvalue weighted by atomic mass is 35.5. The molecule has 0 unspecified atom stereocenters. The zero-order chi connectivity index (χ0) is 18.6. The molecule has 6 heteroatoms. The van der Waals surface area contributed by atoms with Crippen LogP contribution in [-0.4, -0.2) is 50.1 Å². The molecule has 1 saturated heterocycles. The minimum atomic E-state index is 0.0341. The quantitative estimate of drug-likeness (QED) is 0.878. The van der Waals surface area contributed by atoms with E-state index >= 15 is 0 Å². The van der Waals surface area contributed by atoms with Gasteiger partial charge in [-0.1, -0.05) is 41.9 Å². The molecule has 0 saturated carbocycles. The molecule has 2 aliphatic heterocycles. The number of ether oxygens (including phenoxy) is 1.